The molecule has 0 amide bonds. The number of aromatic nitrogens is 1. The number of hydrogen-bond donors (Lipinski definition) is 3. The van der Waals surface area contributed by atoms with Crippen LogP contribution >= 0.6 is 11.3 Å². The second-order valence-electron chi connectivity index (χ2n) is 4.55. The van der Waals surface area contributed by atoms with Crippen molar-refractivity contribution in [1.29, 1.82) is 0 Å². The predicted molar refractivity (Wildman–Crippen MR) is 80.8 cm³/mol. The van der Waals surface area contributed by atoms with Crippen LogP contribution in [0.15, 0.2) is 11.2 Å². The van der Waals surface area contributed by atoms with Gasteiger partial charge in [-0.05, 0) is 19.8 Å². The number of aliphatic hydroxyl groups is 1. The topological polar surface area (TPSA) is 69.5 Å². The molecule has 0 aliphatic heterocycles. The lowest BCUT2D eigenvalue weighted by atomic mass is 10.2. The molecule has 1 aromatic heterocycles. The van der Waals surface area contributed by atoms with Crippen molar-refractivity contribution in [2.75, 3.05) is 26.2 Å². The smallest absolute Gasteiger partial charge is 0.191 e. The first-order chi connectivity index (χ1) is 9.15. The minimum absolute atomic E-state index is 0.168. The van der Waals surface area contributed by atoms with Crippen molar-refractivity contribution in [2.24, 2.45) is 10.9 Å². The number of aryl methyl sites for hydroxylation is 1. The van der Waals surface area contributed by atoms with E-state index in [-0.39, 0.29) is 12.5 Å². The molecule has 6 heteroatoms. The predicted octanol–water partition coefficient (Wildman–Crippen LogP) is 1.18. The molecule has 0 radical (unpaired) electrons. The lowest BCUT2D eigenvalue weighted by molar-refractivity contribution is 0.241. The molecule has 1 atom stereocenters. The van der Waals surface area contributed by atoms with E-state index in [1.165, 1.54) is 4.88 Å². The highest BCUT2D eigenvalue weighted by molar-refractivity contribution is 7.11. The first-order valence-electron chi connectivity index (χ1n) is 6.70. The Balaban J connectivity index is 2.36. The fourth-order valence-electron chi connectivity index (χ4n) is 1.45. The summed E-state index contributed by atoms with van der Waals surface area (Å²) in [5, 5.41) is 16.6. The van der Waals surface area contributed by atoms with Gasteiger partial charge in [-0.2, -0.15) is 0 Å². The van der Waals surface area contributed by atoms with E-state index in [1.807, 2.05) is 20.0 Å². The maximum atomic E-state index is 8.99. The molecule has 0 aliphatic carbocycles. The third-order valence-corrected chi connectivity index (χ3v) is 3.49. The minimum atomic E-state index is 0.168. The van der Waals surface area contributed by atoms with Crippen LogP contribution in [0.3, 0.4) is 0 Å². The van der Waals surface area contributed by atoms with Gasteiger partial charge in [-0.15, -0.1) is 11.3 Å². The first kappa shape index (κ1) is 15.9. The van der Waals surface area contributed by atoms with E-state index < -0.39 is 0 Å². The van der Waals surface area contributed by atoms with Gasteiger partial charge in [0.2, 0.25) is 0 Å². The molecule has 0 aliphatic rings. The second kappa shape index (κ2) is 8.87. The quantitative estimate of drug-likeness (QED) is 0.519. The number of nitrogens with zero attached hydrogens (tertiary/aromatic N) is 2. The maximum absolute atomic E-state index is 8.99. The van der Waals surface area contributed by atoms with Gasteiger partial charge in [-0.1, -0.05) is 6.92 Å². The van der Waals surface area contributed by atoms with Crippen LogP contribution in [0.1, 0.15) is 23.7 Å². The summed E-state index contributed by atoms with van der Waals surface area (Å²) in [6.07, 6.45) is 2.81. The van der Waals surface area contributed by atoms with Crippen LogP contribution in [0.4, 0.5) is 0 Å². The summed E-state index contributed by atoms with van der Waals surface area (Å²) in [5.41, 5.74) is 0. The normalized spacial score (nSPS) is 13.4. The van der Waals surface area contributed by atoms with Crippen LogP contribution in [0.2, 0.25) is 0 Å². The molecule has 0 saturated heterocycles. The van der Waals surface area contributed by atoms with Crippen LogP contribution in [0.25, 0.3) is 0 Å². The fraction of sp³-hybridized carbons (Fsp3) is 0.692. The van der Waals surface area contributed by atoms with E-state index in [1.54, 1.807) is 11.3 Å². The summed E-state index contributed by atoms with van der Waals surface area (Å²) < 4.78 is 0. The summed E-state index contributed by atoms with van der Waals surface area (Å²) in [6.45, 7) is 8.52. The van der Waals surface area contributed by atoms with Crippen molar-refractivity contribution < 1.29 is 5.11 Å². The van der Waals surface area contributed by atoms with E-state index in [2.05, 4.69) is 27.5 Å². The van der Waals surface area contributed by atoms with Gasteiger partial charge in [0, 0.05) is 43.7 Å². The molecule has 0 aromatic carbocycles. The Labute approximate surface area is 119 Å². The minimum Gasteiger partial charge on any atom is -0.396 e. The summed E-state index contributed by atoms with van der Waals surface area (Å²) >= 11 is 1.73. The molecule has 0 spiro atoms. The zero-order chi connectivity index (χ0) is 14.1. The number of guanidine groups is 1. The Morgan fingerprint density at radius 3 is 2.89 bits per heavy atom. The highest BCUT2D eigenvalue weighted by atomic mass is 32.1. The third-order valence-electron chi connectivity index (χ3n) is 2.52. The number of nitrogens with one attached hydrogen (secondary N) is 2. The molecule has 108 valence electrons. The molecule has 1 unspecified atom stereocenters. The first-order valence-corrected chi connectivity index (χ1v) is 7.51. The summed E-state index contributed by atoms with van der Waals surface area (Å²) in [7, 11) is 0. The molecule has 3 N–H and O–H groups in total. The standard InChI is InChI=1S/C13H24N4OS/c1-4-14-13(17-7-10(2)9-18)15-6-5-12-16-8-11(3)19-12/h8,10,18H,4-7,9H2,1-3H3,(H2,14,15,17). The average molecular weight is 284 g/mol. The molecular weight excluding hydrogens is 260 g/mol. The van der Waals surface area contributed by atoms with Gasteiger partial charge in [-0.3, -0.25) is 4.99 Å². The summed E-state index contributed by atoms with van der Waals surface area (Å²) in [5.74, 6) is 0.994. The van der Waals surface area contributed by atoms with Crippen LogP contribution in [0.5, 0.6) is 0 Å². The zero-order valence-corrected chi connectivity index (χ0v) is 12.8. The van der Waals surface area contributed by atoms with E-state index in [0.717, 1.165) is 30.5 Å². The Kier molecular flexibility index (Phi) is 7.43. The Bertz CT molecular complexity index is 392. The number of thiazole rings is 1. The van der Waals surface area contributed by atoms with E-state index in [0.29, 0.717) is 6.54 Å². The molecule has 1 heterocycles. The zero-order valence-electron chi connectivity index (χ0n) is 11.9. The lowest BCUT2D eigenvalue weighted by Crippen LogP contribution is -2.38. The monoisotopic (exact) mass is 284 g/mol. The van der Waals surface area contributed by atoms with Crippen molar-refractivity contribution >= 4 is 17.3 Å². The Hall–Kier alpha value is -1.14. The van der Waals surface area contributed by atoms with Crippen molar-refractivity contribution in [3.8, 4) is 0 Å². The Morgan fingerprint density at radius 1 is 1.53 bits per heavy atom. The average Bonchev–Trinajstić information content (AvgIpc) is 2.81. The summed E-state index contributed by atoms with van der Waals surface area (Å²) in [6, 6.07) is 0. The van der Waals surface area contributed by atoms with Gasteiger partial charge in [0.05, 0.1) is 5.01 Å². The van der Waals surface area contributed by atoms with Crippen molar-refractivity contribution in [2.45, 2.75) is 27.2 Å². The number of aliphatic imine (C=N–C) groups is 1. The van der Waals surface area contributed by atoms with Gasteiger partial charge in [0.1, 0.15) is 0 Å². The second-order valence-corrected chi connectivity index (χ2v) is 5.87. The van der Waals surface area contributed by atoms with Crippen molar-refractivity contribution in [3.05, 3.63) is 16.1 Å². The van der Waals surface area contributed by atoms with E-state index in [4.69, 9.17) is 5.11 Å². The van der Waals surface area contributed by atoms with E-state index >= 15 is 0 Å². The van der Waals surface area contributed by atoms with Crippen molar-refractivity contribution in [1.82, 2.24) is 15.6 Å². The van der Waals surface area contributed by atoms with Gasteiger partial charge in [-0.25, -0.2) is 4.98 Å². The molecule has 0 bridgehead atoms. The number of rotatable bonds is 7. The maximum Gasteiger partial charge on any atom is 0.191 e. The molecule has 0 fully saturated rings. The summed E-state index contributed by atoms with van der Waals surface area (Å²) in [4.78, 5) is 10.0. The highest BCUT2D eigenvalue weighted by Crippen LogP contribution is 2.10. The molecular formula is C13H24N4OS. The number of aliphatic hydroxyl groups excluding tert-OH is 1. The Morgan fingerprint density at radius 2 is 2.32 bits per heavy atom. The van der Waals surface area contributed by atoms with Crippen LogP contribution in [0, 0.1) is 12.8 Å². The SMILES string of the molecule is CCNC(=NCC(C)CO)NCCc1ncc(C)s1. The number of hydrogen-bond acceptors (Lipinski definition) is 4. The fourth-order valence-corrected chi connectivity index (χ4v) is 2.24. The van der Waals surface area contributed by atoms with Crippen LogP contribution in [-0.4, -0.2) is 42.3 Å². The van der Waals surface area contributed by atoms with Crippen LogP contribution in [-0.2, 0) is 6.42 Å². The molecule has 5 nitrogen and oxygen atoms in total. The molecule has 19 heavy (non-hydrogen) atoms. The lowest BCUT2D eigenvalue weighted by Gasteiger charge is -2.11. The molecule has 1 aromatic rings. The van der Waals surface area contributed by atoms with Gasteiger partial charge < -0.3 is 15.7 Å². The van der Waals surface area contributed by atoms with Gasteiger partial charge in [0.15, 0.2) is 5.96 Å². The highest BCUT2D eigenvalue weighted by Gasteiger charge is 2.02. The molecule has 0 saturated carbocycles. The molecule has 1 rings (SSSR count). The van der Waals surface area contributed by atoms with E-state index in [9.17, 15) is 0 Å². The van der Waals surface area contributed by atoms with Gasteiger partial charge >= 0.3 is 0 Å². The third kappa shape index (κ3) is 6.54. The van der Waals surface area contributed by atoms with Crippen LogP contribution < -0.4 is 10.6 Å². The largest absolute Gasteiger partial charge is 0.396 e. The van der Waals surface area contributed by atoms with Gasteiger partial charge in [0.25, 0.3) is 0 Å². The van der Waals surface area contributed by atoms with Crippen molar-refractivity contribution in [3.63, 3.8) is 0 Å².